The Labute approximate surface area is 159 Å². The first-order valence-corrected chi connectivity index (χ1v) is 10.0. The molecule has 0 N–H and O–H groups in total. The van der Waals surface area contributed by atoms with Gasteiger partial charge in [0.15, 0.2) is 0 Å². The molecule has 3 aromatic carbocycles. The maximum atomic E-state index is 13.1. The molecule has 5 nitrogen and oxygen atoms in total. The van der Waals surface area contributed by atoms with Gasteiger partial charge < -0.3 is 4.74 Å². The predicted octanol–water partition coefficient (Wildman–Crippen LogP) is 4.15. The molecule has 0 atom stereocenters. The summed E-state index contributed by atoms with van der Waals surface area (Å²) in [6.07, 6.45) is 0. The standard InChI is InChI=1S/C21H21NO4S/c1-4-26-21(23)18-10-9-15(2)20(14-18)22(3)27(24,25)19-12-11-16-7-5-6-8-17(16)13-19/h5-14H,4H2,1-3H3. The average Bonchev–Trinajstić information content (AvgIpc) is 2.67. The summed E-state index contributed by atoms with van der Waals surface area (Å²) in [6, 6.07) is 17.5. The van der Waals surface area contributed by atoms with Crippen LogP contribution in [0.15, 0.2) is 65.6 Å². The van der Waals surface area contributed by atoms with Crippen molar-refractivity contribution < 1.29 is 17.9 Å². The van der Waals surface area contributed by atoms with E-state index in [2.05, 4.69) is 0 Å². The van der Waals surface area contributed by atoms with Crippen molar-refractivity contribution in [1.29, 1.82) is 0 Å². The van der Waals surface area contributed by atoms with Crippen LogP contribution in [0.2, 0.25) is 0 Å². The second-order valence-corrected chi connectivity index (χ2v) is 8.17. The molecule has 0 radical (unpaired) electrons. The molecular formula is C21H21NO4S. The maximum Gasteiger partial charge on any atom is 0.338 e. The summed E-state index contributed by atoms with van der Waals surface area (Å²) >= 11 is 0. The number of hydrogen-bond donors (Lipinski definition) is 0. The number of hydrogen-bond acceptors (Lipinski definition) is 4. The van der Waals surface area contributed by atoms with E-state index in [1.54, 1.807) is 50.2 Å². The number of carbonyl (C=O) groups is 1. The second-order valence-electron chi connectivity index (χ2n) is 6.20. The van der Waals surface area contributed by atoms with Crippen LogP contribution in [0.5, 0.6) is 0 Å². The van der Waals surface area contributed by atoms with E-state index in [1.807, 2.05) is 24.3 Å². The molecule has 0 saturated heterocycles. The molecule has 0 aromatic heterocycles. The number of fused-ring (bicyclic) bond motifs is 1. The summed E-state index contributed by atoms with van der Waals surface area (Å²) in [4.78, 5) is 12.2. The van der Waals surface area contributed by atoms with Gasteiger partial charge in [-0.1, -0.05) is 36.4 Å². The normalized spacial score (nSPS) is 11.4. The van der Waals surface area contributed by atoms with Crippen molar-refractivity contribution in [3.05, 3.63) is 71.8 Å². The van der Waals surface area contributed by atoms with Crippen LogP contribution in [-0.4, -0.2) is 28.0 Å². The molecule has 0 amide bonds. The number of benzene rings is 3. The quantitative estimate of drug-likeness (QED) is 0.621. The first-order chi connectivity index (χ1) is 12.8. The van der Waals surface area contributed by atoms with E-state index in [4.69, 9.17) is 4.74 Å². The zero-order chi connectivity index (χ0) is 19.6. The van der Waals surface area contributed by atoms with Crippen LogP contribution in [0.25, 0.3) is 10.8 Å². The van der Waals surface area contributed by atoms with E-state index >= 15 is 0 Å². The van der Waals surface area contributed by atoms with Crippen molar-refractivity contribution in [2.24, 2.45) is 0 Å². The van der Waals surface area contributed by atoms with Crippen LogP contribution < -0.4 is 4.31 Å². The van der Waals surface area contributed by atoms with Crippen molar-refractivity contribution in [3.8, 4) is 0 Å². The Morgan fingerprint density at radius 2 is 1.70 bits per heavy atom. The molecule has 0 bridgehead atoms. The van der Waals surface area contributed by atoms with Crippen LogP contribution in [0, 0.1) is 6.92 Å². The minimum Gasteiger partial charge on any atom is -0.462 e. The molecule has 140 valence electrons. The summed E-state index contributed by atoms with van der Waals surface area (Å²) in [7, 11) is -2.29. The lowest BCUT2D eigenvalue weighted by atomic mass is 10.1. The molecule has 3 rings (SSSR count). The third-order valence-corrected chi connectivity index (χ3v) is 6.21. The fraction of sp³-hybridized carbons (Fsp3) is 0.190. The highest BCUT2D eigenvalue weighted by Gasteiger charge is 2.24. The summed E-state index contributed by atoms with van der Waals surface area (Å²) in [5.74, 6) is -0.477. The molecule has 0 spiro atoms. The molecule has 27 heavy (non-hydrogen) atoms. The van der Waals surface area contributed by atoms with Gasteiger partial charge in [-0.05, 0) is 54.4 Å². The van der Waals surface area contributed by atoms with Crippen LogP contribution in [-0.2, 0) is 14.8 Å². The minimum absolute atomic E-state index is 0.199. The smallest absolute Gasteiger partial charge is 0.338 e. The highest BCUT2D eigenvalue weighted by atomic mass is 32.2. The number of esters is 1. The van der Waals surface area contributed by atoms with Gasteiger partial charge in [0.2, 0.25) is 0 Å². The maximum absolute atomic E-state index is 13.1. The lowest BCUT2D eigenvalue weighted by Gasteiger charge is -2.22. The van der Waals surface area contributed by atoms with Crippen LogP contribution in [0.3, 0.4) is 0 Å². The van der Waals surface area contributed by atoms with Gasteiger partial charge in [0.25, 0.3) is 10.0 Å². The lowest BCUT2D eigenvalue weighted by molar-refractivity contribution is 0.0526. The number of aryl methyl sites for hydroxylation is 1. The zero-order valence-electron chi connectivity index (χ0n) is 15.5. The molecule has 0 unspecified atom stereocenters. The van der Waals surface area contributed by atoms with Crippen molar-refractivity contribution in [2.75, 3.05) is 18.0 Å². The zero-order valence-corrected chi connectivity index (χ0v) is 16.3. The Kier molecular flexibility index (Phi) is 5.19. The molecule has 6 heteroatoms. The molecule has 0 fully saturated rings. The number of carbonyl (C=O) groups excluding carboxylic acids is 1. The highest BCUT2D eigenvalue weighted by molar-refractivity contribution is 7.92. The van der Waals surface area contributed by atoms with Crippen molar-refractivity contribution in [1.82, 2.24) is 0 Å². The Morgan fingerprint density at radius 1 is 1.00 bits per heavy atom. The van der Waals surface area contributed by atoms with Crippen LogP contribution >= 0.6 is 0 Å². The summed E-state index contributed by atoms with van der Waals surface area (Å²) in [5.41, 5.74) is 1.50. The van der Waals surface area contributed by atoms with Gasteiger partial charge >= 0.3 is 5.97 Å². The third kappa shape index (κ3) is 3.66. The number of sulfonamides is 1. The van der Waals surface area contributed by atoms with E-state index in [9.17, 15) is 13.2 Å². The topological polar surface area (TPSA) is 63.7 Å². The van der Waals surface area contributed by atoms with E-state index in [0.717, 1.165) is 16.3 Å². The van der Waals surface area contributed by atoms with Crippen molar-refractivity contribution in [3.63, 3.8) is 0 Å². The van der Waals surface area contributed by atoms with Gasteiger partial charge in [-0.25, -0.2) is 13.2 Å². The monoisotopic (exact) mass is 383 g/mol. The predicted molar refractivity (Wildman–Crippen MR) is 107 cm³/mol. The molecule has 0 aliphatic rings. The molecular weight excluding hydrogens is 362 g/mol. The average molecular weight is 383 g/mol. The first-order valence-electron chi connectivity index (χ1n) is 8.60. The number of ether oxygens (including phenoxy) is 1. The lowest BCUT2D eigenvalue weighted by Crippen LogP contribution is -2.27. The van der Waals surface area contributed by atoms with E-state index in [0.29, 0.717) is 11.3 Å². The number of anilines is 1. The highest BCUT2D eigenvalue weighted by Crippen LogP contribution is 2.28. The Morgan fingerprint density at radius 3 is 2.41 bits per heavy atom. The van der Waals surface area contributed by atoms with E-state index in [-0.39, 0.29) is 11.5 Å². The summed E-state index contributed by atoms with van der Waals surface area (Å²) in [5, 5.41) is 1.82. The molecule has 0 aliphatic carbocycles. The number of rotatable bonds is 5. The fourth-order valence-corrected chi connectivity index (χ4v) is 4.19. The summed E-state index contributed by atoms with van der Waals surface area (Å²) in [6.45, 7) is 3.78. The molecule has 0 heterocycles. The van der Waals surface area contributed by atoms with E-state index < -0.39 is 16.0 Å². The van der Waals surface area contributed by atoms with Gasteiger partial charge in [-0.3, -0.25) is 4.31 Å². The SMILES string of the molecule is CCOC(=O)c1ccc(C)c(N(C)S(=O)(=O)c2ccc3ccccc3c2)c1. The Hall–Kier alpha value is -2.86. The van der Waals surface area contributed by atoms with Gasteiger partial charge in [-0.15, -0.1) is 0 Å². The van der Waals surface area contributed by atoms with Crippen molar-refractivity contribution >= 4 is 32.5 Å². The Bertz CT molecular complexity index is 1110. The van der Waals surface area contributed by atoms with Gasteiger partial charge in [0.1, 0.15) is 0 Å². The first kappa shape index (κ1) is 18.9. The molecule has 3 aromatic rings. The number of nitrogens with zero attached hydrogens (tertiary/aromatic N) is 1. The van der Waals surface area contributed by atoms with Gasteiger partial charge in [0.05, 0.1) is 22.8 Å². The largest absolute Gasteiger partial charge is 0.462 e. The molecule has 0 aliphatic heterocycles. The fourth-order valence-electron chi connectivity index (χ4n) is 2.91. The minimum atomic E-state index is -3.78. The third-order valence-electron chi connectivity index (χ3n) is 4.44. The second kappa shape index (κ2) is 7.40. The summed E-state index contributed by atoms with van der Waals surface area (Å²) < 4.78 is 32.5. The van der Waals surface area contributed by atoms with Gasteiger partial charge in [0, 0.05) is 7.05 Å². The van der Waals surface area contributed by atoms with Crippen LogP contribution in [0.1, 0.15) is 22.8 Å². The Balaban J connectivity index is 2.03. The molecule has 0 saturated carbocycles. The van der Waals surface area contributed by atoms with E-state index in [1.165, 1.54) is 11.4 Å². The van der Waals surface area contributed by atoms with Crippen LogP contribution in [0.4, 0.5) is 5.69 Å². The van der Waals surface area contributed by atoms with Crippen molar-refractivity contribution in [2.45, 2.75) is 18.7 Å². The van der Waals surface area contributed by atoms with Gasteiger partial charge in [-0.2, -0.15) is 0 Å².